The van der Waals surface area contributed by atoms with Crippen LogP contribution in [0.15, 0.2) is 53.8 Å². The van der Waals surface area contributed by atoms with Crippen molar-refractivity contribution < 1.29 is 31.1 Å². The standard InChI is InChI=1S/C25H23ClF3N5O4S/c1-39(36,37)10-9-31-24(35)15-7-8-30-22-19(11-15)23(33-14-32-22)34-17-5-6-21(20(26)13-17)38-18-4-2-3-16(12-18)25(27,28)29/h2-6,11-15H,7-10H2,1H3,(H,31,35)(H,30,32,33,34). The van der Waals surface area contributed by atoms with Crippen molar-refractivity contribution in [1.29, 1.82) is 0 Å². The molecule has 0 fully saturated rings. The van der Waals surface area contributed by atoms with Gasteiger partial charge in [0.2, 0.25) is 5.91 Å². The summed E-state index contributed by atoms with van der Waals surface area (Å²) in [7, 11) is -3.22. The van der Waals surface area contributed by atoms with Gasteiger partial charge in [-0.1, -0.05) is 23.7 Å². The molecule has 0 aliphatic carbocycles. The van der Waals surface area contributed by atoms with Crippen LogP contribution in [0.25, 0.3) is 6.08 Å². The molecular weight excluding hydrogens is 559 g/mol. The van der Waals surface area contributed by atoms with Crippen LogP contribution in [-0.4, -0.2) is 49.4 Å². The summed E-state index contributed by atoms with van der Waals surface area (Å²) in [4.78, 5) is 25.6. The number of nitrogens with one attached hydrogen (secondary N) is 2. The molecule has 1 unspecified atom stereocenters. The third-order valence-electron chi connectivity index (χ3n) is 5.63. The zero-order valence-corrected chi connectivity index (χ0v) is 22.1. The highest BCUT2D eigenvalue weighted by Crippen LogP contribution is 2.35. The minimum absolute atomic E-state index is 0.00415. The summed E-state index contributed by atoms with van der Waals surface area (Å²) < 4.78 is 67.3. The molecule has 1 amide bonds. The van der Waals surface area contributed by atoms with Gasteiger partial charge in [0.25, 0.3) is 0 Å². The first kappa shape index (κ1) is 28.3. The average Bonchev–Trinajstić information content (AvgIpc) is 3.08. The number of aromatic nitrogens is 2. The van der Waals surface area contributed by atoms with Crippen molar-refractivity contribution in [2.45, 2.75) is 12.6 Å². The smallest absolute Gasteiger partial charge is 0.416 e. The van der Waals surface area contributed by atoms with Crippen molar-refractivity contribution in [2.24, 2.45) is 10.9 Å². The zero-order valence-electron chi connectivity index (χ0n) is 20.5. The number of ether oxygens (including phenoxy) is 1. The first-order valence-corrected chi connectivity index (χ1v) is 14.1. The Hall–Kier alpha value is -3.71. The van der Waals surface area contributed by atoms with Gasteiger partial charge < -0.3 is 15.4 Å². The van der Waals surface area contributed by atoms with Crippen molar-refractivity contribution in [1.82, 2.24) is 15.3 Å². The van der Waals surface area contributed by atoms with Gasteiger partial charge in [-0.2, -0.15) is 13.2 Å². The van der Waals surface area contributed by atoms with E-state index in [1.54, 1.807) is 12.1 Å². The lowest BCUT2D eigenvalue weighted by molar-refractivity contribution is -0.137. The zero-order chi connectivity index (χ0) is 28.2. The molecule has 39 heavy (non-hydrogen) atoms. The Bertz CT molecular complexity index is 1620. The number of hydrogen-bond acceptors (Lipinski definition) is 8. The fourth-order valence-electron chi connectivity index (χ4n) is 3.72. The molecular formula is C25H23ClF3N5O4S. The molecule has 0 radical (unpaired) electrons. The summed E-state index contributed by atoms with van der Waals surface area (Å²) in [6.45, 7) is 0.327. The van der Waals surface area contributed by atoms with Crippen molar-refractivity contribution >= 4 is 44.9 Å². The van der Waals surface area contributed by atoms with Crippen LogP contribution in [0, 0.1) is 5.92 Å². The molecule has 2 N–H and O–H groups in total. The van der Waals surface area contributed by atoms with Gasteiger partial charge in [-0.3, -0.25) is 9.79 Å². The predicted octanol–water partition coefficient (Wildman–Crippen LogP) is 3.27. The fraction of sp³-hybridized carbons (Fsp3) is 0.280. The number of carbonyl (C=O) groups is 1. The number of anilines is 2. The Morgan fingerprint density at radius 3 is 2.69 bits per heavy atom. The van der Waals surface area contributed by atoms with E-state index in [9.17, 15) is 26.4 Å². The van der Waals surface area contributed by atoms with Crippen molar-refractivity contribution in [3.63, 3.8) is 0 Å². The number of amides is 1. The van der Waals surface area contributed by atoms with Crippen LogP contribution in [-0.2, 0) is 20.8 Å². The van der Waals surface area contributed by atoms with E-state index in [4.69, 9.17) is 16.3 Å². The van der Waals surface area contributed by atoms with Gasteiger partial charge in [0.05, 0.1) is 27.5 Å². The number of fused-ring (bicyclic) bond motifs is 1. The summed E-state index contributed by atoms with van der Waals surface area (Å²) in [6.07, 6.45) is -0.0222. The number of carbonyl (C=O) groups excluding carboxylic acids is 1. The first-order valence-electron chi connectivity index (χ1n) is 11.6. The highest BCUT2D eigenvalue weighted by atomic mass is 35.5. The summed E-state index contributed by atoms with van der Waals surface area (Å²) >= 11 is 6.35. The van der Waals surface area contributed by atoms with Gasteiger partial charge in [-0.25, -0.2) is 18.4 Å². The molecule has 1 atom stereocenters. The maximum atomic E-state index is 13.0. The molecule has 14 heteroatoms. The lowest BCUT2D eigenvalue weighted by Gasteiger charge is -2.13. The van der Waals surface area contributed by atoms with Crippen molar-refractivity contribution in [3.8, 4) is 11.5 Å². The number of sulfone groups is 1. The monoisotopic (exact) mass is 581 g/mol. The van der Waals surface area contributed by atoms with Gasteiger partial charge in [0.15, 0.2) is 5.49 Å². The largest absolute Gasteiger partial charge is 0.456 e. The lowest BCUT2D eigenvalue weighted by Crippen LogP contribution is -2.36. The number of alkyl halides is 3. The van der Waals surface area contributed by atoms with Crippen LogP contribution in [0.4, 0.5) is 24.7 Å². The molecule has 0 bridgehead atoms. The maximum Gasteiger partial charge on any atom is 0.416 e. The average molecular weight is 582 g/mol. The van der Waals surface area contributed by atoms with Gasteiger partial charge in [0, 0.05) is 25.0 Å². The summed E-state index contributed by atoms with van der Waals surface area (Å²) in [5.41, 5.74) is 0.0292. The van der Waals surface area contributed by atoms with Crippen LogP contribution < -0.4 is 26.1 Å². The number of rotatable bonds is 8. The van der Waals surface area contributed by atoms with Crippen molar-refractivity contribution in [3.05, 3.63) is 70.1 Å². The van der Waals surface area contributed by atoms with E-state index in [1.165, 1.54) is 30.6 Å². The molecule has 2 aromatic carbocycles. The molecule has 3 aromatic rings. The Kier molecular flexibility index (Phi) is 8.40. The molecule has 4 rings (SSSR count). The lowest BCUT2D eigenvalue weighted by atomic mass is 10.0. The molecule has 0 saturated heterocycles. The quantitative estimate of drug-likeness (QED) is 0.419. The van der Waals surface area contributed by atoms with E-state index in [-0.39, 0.29) is 34.7 Å². The summed E-state index contributed by atoms with van der Waals surface area (Å²) in [6, 6.07) is 9.07. The number of nitrogens with zero attached hydrogens (tertiary/aromatic N) is 3. The second-order valence-electron chi connectivity index (χ2n) is 8.72. The topological polar surface area (TPSA) is 123 Å². The molecule has 2 heterocycles. The normalized spacial score (nSPS) is 15.3. The molecule has 9 nitrogen and oxygen atoms in total. The van der Waals surface area contributed by atoms with E-state index < -0.39 is 27.5 Å². The van der Waals surface area contributed by atoms with E-state index >= 15 is 0 Å². The Balaban J connectivity index is 1.54. The summed E-state index contributed by atoms with van der Waals surface area (Å²) in [5, 5.41) is 6.36. The van der Waals surface area contributed by atoms with Gasteiger partial charge >= 0.3 is 6.18 Å². The first-order chi connectivity index (χ1) is 18.4. The van der Waals surface area contributed by atoms with Crippen LogP contribution in [0.3, 0.4) is 0 Å². The van der Waals surface area contributed by atoms with Crippen LogP contribution >= 0.6 is 11.6 Å². The second kappa shape index (κ2) is 11.6. The van der Waals surface area contributed by atoms with Crippen molar-refractivity contribution in [2.75, 3.05) is 30.4 Å². The molecule has 0 spiro atoms. The van der Waals surface area contributed by atoms with Gasteiger partial charge in [-0.15, -0.1) is 0 Å². The minimum Gasteiger partial charge on any atom is -0.456 e. The van der Waals surface area contributed by atoms with Gasteiger partial charge in [-0.05, 0) is 42.8 Å². The van der Waals surface area contributed by atoms with Gasteiger partial charge in [0.1, 0.15) is 33.5 Å². The maximum absolute atomic E-state index is 13.0. The third-order valence-corrected chi connectivity index (χ3v) is 6.87. The molecule has 1 aliphatic heterocycles. The Morgan fingerprint density at radius 1 is 1.18 bits per heavy atom. The number of halogens is 4. The molecule has 0 saturated carbocycles. The number of hydrogen-bond donors (Lipinski definition) is 2. The fourth-order valence-corrected chi connectivity index (χ4v) is 4.41. The highest BCUT2D eigenvalue weighted by molar-refractivity contribution is 7.90. The van der Waals surface area contributed by atoms with Crippen LogP contribution in [0.5, 0.6) is 11.5 Å². The Labute approximate surface area is 226 Å². The number of benzene rings is 2. The SMILES string of the molecule is CS(=O)(=O)CCNC(=O)C1C=c2c(Nc3ccc(Oc4cccc(C(F)(F)F)c4)c(Cl)c3)ncnc2=NCC1. The molecule has 1 aliphatic rings. The predicted molar refractivity (Wildman–Crippen MR) is 139 cm³/mol. The highest BCUT2D eigenvalue weighted by Gasteiger charge is 2.30. The summed E-state index contributed by atoms with van der Waals surface area (Å²) in [5.74, 6) is -0.622. The van der Waals surface area contributed by atoms with E-state index in [0.717, 1.165) is 18.4 Å². The van der Waals surface area contributed by atoms with Crippen LogP contribution in [0.1, 0.15) is 12.0 Å². The minimum atomic E-state index is -4.51. The van der Waals surface area contributed by atoms with Crippen LogP contribution in [0.2, 0.25) is 5.02 Å². The third kappa shape index (κ3) is 7.67. The Morgan fingerprint density at radius 2 is 1.97 bits per heavy atom. The van der Waals surface area contributed by atoms with E-state index in [0.29, 0.717) is 35.2 Å². The second-order valence-corrected chi connectivity index (χ2v) is 11.4. The molecule has 1 aromatic heterocycles. The van der Waals surface area contributed by atoms with E-state index in [1.807, 2.05) is 0 Å². The van der Waals surface area contributed by atoms with E-state index in [2.05, 4.69) is 25.6 Å². The molecule has 206 valence electrons.